The molecule has 0 aromatic rings. The number of carbonyl (C=O) groups is 2. The molecule has 0 spiro atoms. The van der Waals surface area contributed by atoms with Gasteiger partial charge in [0.2, 0.25) is 0 Å². The molecule has 1 N–H and O–H groups in total. The summed E-state index contributed by atoms with van der Waals surface area (Å²) in [6.45, 7) is 5.42. The SMILES string of the molecule is C=CC(=O)OC.CCCCCCCC/C=C/CCCCCCCC(=O)O.[H-].[H-].[Mg+2]. The summed E-state index contributed by atoms with van der Waals surface area (Å²) in [7, 11) is 1.31. The van der Waals surface area contributed by atoms with Gasteiger partial charge in [0.05, 0.1) is 7.11 Å². The zero-order valence-corrected chi connectivity index (χ0v) is 19.1. The fourth-order valence-electron chi connectivity index (χ4n) is 2.43. The molecule has 0 radical (unpaired) electrons. The minimum Gasteiger partial charge on any atom is -1.00 e. The van der Waals surface area contributed by atoms with Crippen LogP contribution in [0.4, 0.5) is 0 Å². The number of hydrogen-bond donors (Lipinski definition) is 1. The fraction of sp³-hybridized carbons (Fsp3) is 0.727. The Kier molecular flexibility index (Phi) is 31.4. The Bertz CT molecular complexity index is 378. The van der Waals surface area contributed by atoms with E-state index < -0.39 is 11.9 Å². The van der Waals surface area contributed by atoms with E-state index in [1.807, 2.05) is 0 Å². The minimum atomic E-state index is -0.664. The van der Waals surface area contributed by atoms with Crippen molar-refractivity contribution in [2.75, 3.05) is 7.11 Å². The molecule has 0 aromatic heterocycles. The average molecular weight is 395 g/mol. The monoisotopic (exact) mass is 394 g/mol. The normalized spacial score (nSPS) is 9.85. The molecule has 0 saturated carbocycles. The molecule has 0 aliphatic carbocycles. The number of carboxylic acids is 1. The van der Waals surface area contributed by atoms with Crippen LogP contribution >= 0.6 is 0 Å². The van der Waals surface area contributed by atoms with E-state index in [1.165, 1.54) is 77.7 Å². The maximum Gasteiger partial charge on any atom is 2.00 e. The Labute approximate surface area is 185 Å². The molecule has 0 heterocycles. The van der Waals surface area contributed by atoms with E-state index in [-0.39, 0.29) is 25.9 Å². The number of hydrogen-bond acceptors (Lipinski definition) is 3. The van der Waals surface area contributed by atoms with Gasteiger partial charge >= 0.3 is 35.0 Å². The first kappa shape index (κ1) is 30.9. The molecule has 0 unspecified atom stereocenters. The van der Waals surface area contributed by atoms with Gasteiger partial charge in [-0.15, -0.1) is 0 Å². The van der Waals surface area contributed by atoms with Crippen molar-refractivity contribution in [3.05, 3.63) is 24.8 Å². The third kappa shape index (κ3) is 33.2. The van der Waals surface area contributed by atoms with Crippen molar-refractivity contribution in [2.45, 2.75) is 96.8 Å². The average Bonchev–Trinajstić information content (AvgIpc) is 2.64. The van der Waals surface area contributed by atoms with Crippen LogP contribution in [0.5, 0.6) is 0 Å². The number of esters is 1. The summed E-state index contributed by atoms with van der Waals surface area (Å²) in [4.78, 5) is 20.2. The number of unbranched alkanes of at least 4 members (excludes halogenated alkanes) is 11. The van der Waals surface area contributed by atoms with Crippen LogP contribution in [-0.4, -0.2) is 47.2 Å². The van der Waals surface area contributed by atoms with E-state index in [2.05, 4.69) is 30.4 Å². The van der Waals surface area contributed by atoms with Crippen LogP contribution in [0.2, 0.25) is 0 Å². The summed E-state index contributed by atoms with van der Waals surface area (Å²) in [5.74, 6) is -1.06. The second-order valence-corrected chi connectivity index (χ2v) is 6.46. The molecule has 27 heavy (non-hydrogen) atoms. The fourth-order valence-corrected chi connectivity index (χ4v) is 2.43. The summed E-state index contributed by atoms with van der Waals surface area (Å²) < 4.78 is 4.14. The van der Waals surface area contributed by atoms with Crippen molar-refractivity contribution in [1.29, 1.82) is 0 Å². The van der Waals surface area contributed by atoms with E-state index >= 15 is 0 Å². The molecule has 0 fully saturated rings. The van der Waals surface area contributed by atoms with E-state index in [0.717, 1.165) is 18.9 Å². The molecule has 5 heteroatoms. The Balaban J connectivity index is -0.000000186. The smallest absolute Gasteiger partial charge is 1.00 e. The van der Waals surface area contributed by atoms with Gasteiger partial charge in [-0.25, -0.2) is 4.79 Å². The van der Waals surface area contributed by atoms with Gasteiger partial charge in [0.15, 0.2) is 0 Å². The van der Waals surface area contributed by atoms with Gasteiger partial charge in [0, 0.05) is 12.5 Å². The van der Waals surface area contributed by atoms with Crippen LogP contribution in [0.1, 0.15) is 99.7 Å². The third-order valence-corrected chi connectivity index (χ3v) is 4.02. The van der Waals surface area contributed by atoms with Crippen LogP contribution in [0.15, 0.2) is 24.8 Å². The summed E-state index contributed by atoms with van der Waals surface area (Å²) in [6, 6.07) is 0. The van der Waals surface area contributed by atoms with Crippen LogP contribution < -0.4 is 0 Å². The molecule has 156 valence electrons. The molecule has 0 bridgehead atoms. The molecule has 0 amide bonds. The van der Waals surface area contributed by atoms with E-state index in [0.29, 0.717) is 6.42 Å². The predicted octanol–water partition coefficient (Wildman–Crippen LogP) is 6.30. The van der Waals surface area contributed by atoms with Crippen molar-refractivity contribution in [3.8, 4) is 0 Å². The van der Waals surface area contributed by atoms with Gasteiger partial charge < -0.3 is 12.7 Å². The summed E-state index contributed by atoms with van der Waals surface area (Å²) >= 11 is 0. The minimum absolute atomic E-state index is 0. The van der Waals surface area contributed by atoms with Crippen molar-refractivity contribution in [1.82, 2.24) is 0 Å². The zero-order chi connectivity index (χ0) is 19.9. The van der Waals surface area contributed by atoms with Crippen molar-refractivity contribution >= 4 is 35.0 Å². The first-order chi connectivity index (χ1) is 12.6. The molecule has 0 saturated heterocycles. The van der Waals surface area contributed by atoms with E-state index in [4.69, 9.17) is 5.11 Å². The first-order valence-corrected chi connectivity index (χ1v) is 10.2. The van der Waals surface area contributed by atoms with Crippen LogP contribution in [0.25, 0.3) is 0 Å². The van der Waals surface area contributed by atoms with Gasteiger partial charge in [0.25, 0.3) is 0 Å². The molecule has 0 atom stereocenters. The number of carbonyl (C=O) groups excluding carboxylic acids is 1. The second-order valence-electron chi connectivity index (χ2n) is 6.46. The number of allylic oxidation sites excluding steroid dienone is 2. The molecular weight excluding hydrogens is 353 g/mol. The molecular formula is C22H42MgO4. The van der Waals surface area contributed by atoms with Crippen molar-refractivity contribution < 1.29 is 22.3 Å². The summed E-state index contributed by atoms with van der Waals surface area (Å²) in [5.41, 5.74) is 0. The summed E-state index contributed by atoms with van der Waals surface area (Å²) in [5, 5.41) is 8.51. The molecule has 0 aromatic carbocycles. The molecule has 0 rings (SSSR count). The Morgan fingerprint density at radius 3 is 1.70 bits per heavy atom. The van der Waals surface area contributed by atoms with Gasteiger partial charge in [-0.3, -0.25) is 4.79 Å². The third-order valence-electron chi connectivity index (χ3n) is 4.02. The van der Waals surface area contributed by atoms with E-state index in [9.17, 15) is 9.59 Å². The number of carboxylic acid groups (broad SMARTS) is 1. The second kappa shape index (κ2) is 27.4. The quantitative estimate of drug-likeness (QED) is 0.110. The number of ether oxygens (including phenoxy) is 1. The Morgan fingerprint density at radius 2 is 1.33 bits per heavy atom. The molecule has 0 aliphatic rings. The van der Waals surface area contributed by atoms with Gasteiger partial charge in [-0.2, -0.15) is 0 Å². The van der Waals surface area contributed by atoms with Crippen molar-refractivity contribution in [2.24, 2.45) is 0 Å². The van der Waals surface area contributed by atoms with Gasteiger partial charge in [-0.1, -0.05) is 77.0 Å². The van der Waals surface area contributed by atoms with Crippen LogP contribution in [0, 0.1) is 0 Å². The number of methoxy groups -OCH3 is 1. The standard InChI is InChI=1S/C18H34O2.C4H6O2.Mg.2H/c1-2-3-4-5-6-7-8-9-10-11-12-13-14-15-16-17-18(19)20;1-3-4(5)6-2;;;/h9-10H,2-8,11-17H2,1H3,(H,19,20);3H,1H2,2H3;;;/q;;+2;2*-1/b10-9+;;;;. The largest absolute Gasteiger partial charge is 2.00 e. The Hall–Kier alpha value is -0.814. The maximum atomic E-state index is 10.3. The molecule has 0 aliphatic heterocycles. The maximum absolute atomic E-state index is 10.3. The number of rotatable bonds is 16. The zero-order valence-electron chi connectivity index (χ0n) is 19.7. The van der Waals surface area contributed by atoms with Gasteiger partial charge in [0.1, 0.15) is 0 Å². The van der Waals surface area contributed by atoms with Gasteiger partial charge in [-0.05, 0) is 32.1 Å². The number of aliphatic carboxylic acids is 1. The predicted molar refractivity (Wildman–Crippen MR) is 117 cm³/mol. The summed E-state index contributed by atoms with van der Waals surface area (Å²) in [6.07, 6.45) is 22.4. The van der Waals surface area contributed by atoms with Crippen LogP contribution in [-0.2, 0) is 14.3 Å². The Morgan fingerprint density at radius 1 is 0.889 bits per heavy atom. The molecule has 4 nitrogen and oxygen atoms in total. The topological polar surface area (TPSA) is 63.6 Å². The van der Waals surface area contributed by atoms with Crippen LogP contribution in [0.3, 0.4) is 0 Å². The van der Waals surface area contributed by atoms with E-state index in [1.54, 1.807) is 0 Å². The van der Waals surface area contributed by atoms with Crippen molar-refractivity contribution in [3.63, 3.8) is 0 Å². The first-order valence-electron chi connectivity index (χ1n) is 10.2.